The Labute approximate surface area is 174 Å². The maximum Gasteiger partial charge on any atom is 0.353 e. The van der Waals surface area contributed by atoms with E-state index in [0.29, 0.717) is 4.90 Å². The second-order valence-corrected chi connectivity index (χ2v) is 11.1. The molecule has 0 saturated carbocycles. The zero-order valence-corrected chi connectivity index (χ0v) is 19.0. The number of aryl methyl sites for hydroxylation is 1. The highest BCUT2D eigenvalue weighted by Crippen LogP contribution is 2.66. The van der Waals surface area contributed by atoms with Gasteiger partial charge >= 0.3 is 7.60 Å². The molecule has 0 fully saturated rings. The number of nitrogens with one attached hydrogen (secondary N) is 1. The van der Waals surface area contributed by atoms with Gasteiger partial charge in [-0.05, 0) is 45.4 Å². The first-order chi connectivity index (χ1) is 13.2. The highest BCUT2D eigenvalue weighted by Gasteiger charge is 2.52. The molecule has 28 heavy (non-hydrogen) atoms. The molecule has 0 radical (unpaired) electrons. The van der Waals surface area contributed by atoms with E-state index in [-0.39, 0.29) is 13.2 Å². The molecule has 3 atom stereocenters. The fourth-order valence-corrected chi connectivity index (χ4v) is 6.27. The SMILES string of the molecule is CCOP(=O)(OCC)[C@@](C)(Cl)[C@H](NS(=O)c1ccc(C)cc1)c1ccccc1. The van der Waals surface area contributed by atoms with Crippen molar-refractivity contribution in [2.75, 3.05) is 13.2 Å². The normalized spacial score (nSPS) is 16.3. The first-order valence-electron chi connectivity index (χ1n) is 9.12. The van der Waals surface area contributed by atoms with Gasteiger partial charge in [0.1, 0.15) is 11.0 Å². The molecule has 0 aromatic heterocycles. The van der Waals surface area contributed by atoms with Crippen LogP contribution in [0.4, 0.5) is 0 Å². The lowest BCUT2D eigenvalue weighted by atomic mass is 10.1. The zero-order chi connectivity index (χ0) is 20.8. The molecule has 2 aromatic rings. The summed E-state index contributed by atoms with van der Waals surface area (Å²) >= 11 is 6.85. The lowest BCUT2D eigenvalue weighted by molar-refractivity contribution is 0.204. The van der Waals surface area contributed by atoms with Crippen LogP contribution in [-0.2, 0) is 24.6 Å². The number of hydrogen-bond acceptors (Lipinski definition) is 4. The lowest BCUT2D eigenvalue weighted by Crippen LogP contribution is -2.39. The monoisotopic (exact) mass is 443 g/mol. The summed E-state index contributed by atoms with van der Waals surface area (Å²) in [6.45, 7) is 7.38. The van der Waals surface area contributed by atoms with Crippen molar-refractivity contribution < 1.29 is 17.8 Å². The second kappa shape index (κ2) is 10.1. The molecule has 2 aromatic carbocycles. The van der Waals surface area contributed by atoms with Crippen LogP contribution in [0.1, 0.15) is 37.9 Å². The Balaban J connectivity index is 2.45. The van der Waals surface area contributed by atoms with E-state index < -0.39 is 29.2 Å². The highest BCUT2D eigenvalue weighted by molar-refractivity contribution is 7.83. The summed E-state index contributed by atoms with van der Waals surface area (Å²) in [5.41, 5.74) is 1.81. The Morgan fingerprint density at radius 3 is 2.11 bits per heavy atom. The van der Waals surface area contributed by atoms with Crippen molar-refractivity contribution in [1.82, 2.24) is 4.72 Å². The summed E-state index contributed by atoms with van der Waals surface area (Å²) in [6, 6.07) is 15.8. The number of benzene rings is 2. The molecule has 0 bridgehead atoms. The molecule has 154 valence electrons. The lowest BCUT2D eigenvalue weighted by Gasteiger charge is -2.37. The molecule has 0 spiro atoms. The van der Waals surface area contributed by atoms with Crippen LogP contribution in [0.15, 0.2) is 59.5 Å². The van der Waals surface area contributed by atoms with Crippen molar-refractivity contribution in [3.05, 3.63) is 65.7 Å². The van der Waals surface area contributed by atoms with Crippen LogP contribution in [0.25, 0.3) is 0 Å². The van der Waals surface area contributed by atoms with E-state index in [0.717, 1.165) is 11.1 Å². The third kappa shape index (κ3) is 5.32. The average Bonchev–Trinajstić information content (AvgIpc) is 2.67. The van der Waals surface area contributed by atoms with Gasteiger partial charge in [0, 0.05) is 0 Å². The van der Waals surface area contributed by atoms with Crippen molar-refractivity contribution in [1.29, 1.82) is 0 Å². The minimum Gasteiger partial charge on any atom is -0.308 e. The summed E-state index contributed by atoms with van der Waals surface area (Å²) in [6.07, 6.45) is 0. The van der Waals surface area contributed by atoms with Crippen LogP contribution in [0, 0.1) is 6.92 Å². The minimum atomic E-state index is -3.73. The molecule has 2 rings (SSSR count). The Bertz CT molecular complexity index is 820. The summed E-state index contributed by atoms with van der Waals surface area (Å²) < 4.78 is 39.1. The first kappa shape index (κ1) is 23.3. The molecule has 0 amide bonds. The van der Waals surface area contributed by atoms with E-state index in [2.05, 4.69) is 4.72 Å². The highest BCUT2D eigenvalue weighted by atomic mass is 35.5. The van der Waals surface area contributed by atoms with E-state index in [1.807, 2.05) is 49.4 Å². The quantitative estimate of drug-likeness (QED) is 0.385. The maximum atomic E-state index is 13.5. The predicted octanol–water partition coefficient (Wildman–Crippen LogP) is 5.57. The molecule has 0 saturated heterocycles. The number of halogens is 1. The van der Waals surface area contributed by atoms with E-state index in [4.69, 9.17) is 20.6 Å². The van der Waals surface area contributed by atoms with Gasteiger partial charge in [0.25, 0.3) is 0 Å². The molecule has 8 heteroatoms. The molecule has 1 N–H and O–H groups in total. The van der Waals surface area contributed by atoms with Crippen molar-refractivity contribution in [2.24, 2.45) is 0 Å². The Hall–Kier alpha value is -1.01. The molecule has 0 aliphatic carbocycles. The van der Waals surface area contributed by atoms with Crippen LogP contribution < -0.4 is 4.72 Å². The largest absolute Gasteiger partial charge is 0.353 e. The molecule has 1 unspecified atom stereocenters. The van der Waals surface area contributed by atoms with Crippen LogP contribution in [0.3, 0.4) is 0 Å². The average molecular weight is 444 g/mol. The van der Waals surface area contributed by atoms with Gasteiger partial charge in [-0.2, -0.15) is 0 Å². The maximum absolute atomic E-state index is 13.5. The van der Waals surface area contributed by atoms with Crippen LogP contribution in [0.5, 0.6) is 0 Å². The Morgan fingerprint density at radius 1 is 1.07 bits per heavy atom. The van der Waals surface area contributed by atoms with Gasteiger partial charge in [-0.1, -0.05) is 48.0 Å². The van der Waals surface area contributed by atoms with Crippen LogP contribution in [0.2, 0.25) is 0 Å². The number of hydrogen-bond donors (Lipinski definition) is 1. The first-order valence-corrected chi connectivity index (χ1v) is 12.2. The third-order valence-electron chi connectivity index (χ3n) is 4.25. The second-order valence-electron chi connectivity index (χ2n) is 6.40. The number of rotatable bonds is 10. The van der Waals surface area contributed by atoms with Crippen LogP contribution >= 0.6 is 19.2 Å². The minimum absolute atomic E-state index is 0.183. The molecule has 0 aliphatic rings. The van der Waals surface area contributed by atoms with Gasteiger partial charge in [-0.15, -0.1) is 11.6 Å². The van der Waals surface area contributed by atoms with E-state index in [1.54, 1.807) is 32.9 Å². The van der Waals surface area contributed by atoms with Gasteiger partial charge in [-0.25, -0.2) is 8.93 Å². The summed E-state index contributed by atoms with van der Waals surface area (Å²) in [7, 11) is -5.31. The van der Waals surface area contributed by atoms with Gasteiger partial charge in [0.15, 0.2) is 4.62 Å². The van der Waals surface area contributed by atoms with Gasteiger partial charge < -0.3 is 9.05 Å². The molecule has 0 heterocycles. The summed E-state index contributed by atoms with van der Waals surface area (Å²) in [5.74, 6) is 0. The molecule has 0 aliphatic heterocycles. The fourth-order valence-electron chi connectivity index (χ4n) is 2.75. The van der Waals surface area contributed by atoms with Gasteiger partial charge in [0.2, 0.25) is 0 Å². The third-order valence-corrected chi connectivity index (χ3v) is 8.77. The Kier molecular flexibility index (Phi) is 8.44. The van der Waals surface area contributed by atoms with Crippen molar-refractivity contribution >= 4 is 30.2 Å². The Morgan fingerprint density at radius 2 is 1.61 bits per heavy atom. The summed E-state index contributed by atoms with van der Waals surface area (Å²) in [5, 5.41) is 0. The van der Waals surface area contributed by atoms with Crippen LogP contribution in [-0.4, -0.2) is 22.0 Å². The molecular weight excluding hydrogens is 417 g/mol. The van der Waals surface area contributed by atoms with E-state index in [9.17, 15) is 8.77 Å². The fraction of sp³-hybridized carbons (Fsp3) is 0.400. The number of alkyl halides is 1. The van der Waals surface area contributed by atoms with Crippen molar-refractivity contribution in [3.8, 4) is 0 Å². The van der Waals surface area contributed by atoms with Crippen molar-refractivity contribution in [2.45, 2.75) is 43.2 Å². The summed E-state index contributed by atoms with van der Waals surface area (Å²) in [4.78, 5) is 0.599. The molecular formula is C20H27ClNO4PS. The van der Waals surface area contributed by atoms with Gasteiger partial charge in [-0.3, -0.25) is 4.57 Å². The van der Waals surface area contributed by atoms with E-state index >= 15 is 0 Å². The predicted molar refractivity (Wildman–Crippen MR) is 115 cm³/mol. The zero-order valence-electron chi connectivity index (χ0n) is 16.6. The molecule has 5 nitrogen and oxygen atoms in total. The van der Waals surface area contributed by atoms with E-state index in [1.165, 1.54) is 0 Å². The van der Waals surface area contributed by atoms with Gasteiger partial charge in [0.05, 0.1) is 24.2 Å². The topological polar surface area (TPSA) is 64.6 Å². The van der Waals surface area contributed by atoms with Crippen molar-refractivity contribution in [3.63, 3.8) is 0 Å². The standard InChI is InChI=1S/C20H27ClNO4PS/c1-5-25-27(23,26-6-2)20(4,21)19(17-10-8-7-9-11-17)22-28(24)18-14-12-16(3)13-15-18/h7-15,19,22H,5-6H2,1-4H3/t19-,20-,28?/m1/s1. The smallest absolute Gasteiger partial charge is 0.308 e.